The highest BCUT2D eigenvalue weighted by Crippen LogP contribution is 2.27. The summed E-state index contributed by atoms with van der Waals surface area (Å²) in [5.41, 5.74) is 1.77. The van der Waals surface area contributed by atoms with E-state index in [1.54, 1.807) is 36.4 Å². The molecule has 0 aliphatic heterocycles. The molecule has 1 N–H and O–H groups in total. The van der Waals surface area contributed by atoms with Crippen LogP contribution < -0.4 is 19.1 Å². The first-order valence-corrected chi connectivity index (χ1v) is 11.4. The Labute approximate surface area is 182 Å². The molecule has 0 radical (unpaired) electrons. The maximum atomic E-state index is 12.6. The third-order valence-electron chi connectivity index (χ3n) is 4.42. The number of anilines is 2. The van der Waals surface area contributed by atoms with Gasteiger partial charge in [0, 0.05) is 0 Å². The van der Waals surface area contributed by atoms with Gasteiger partial charge in [0.1, 0.15) is 23.8 Å². The fraction of sp³-hybridized carbons (Fsp3) is 0.174. The Balaban J connectivity index is 1.76. The van der Waals surface area contributed by atoms with Crippen LogP contribution in [0.5, 0.6) is 17.2 Å². The molecule has 0 atom stereocenters. The molecule has 31 heavy (non-hydrogen) atoms. The summed E-state index contributed by atoms with van der Waals surface area (Å²) in [7, 11) is -2.20. The van der Waals surface area contributed by atoms with Gasteiger partial charge in [-0.05, 0) is 61.0 Å². The lowest BCUT2D eigenvalue weighted by molar-refractivity contribution is -0.114. The highest BCUT2D eigenvalue weighted by atomic mass is 32.2. The van der Waals surface area contributed by atoms with Gasteiger partial charge in [0.05, 0.1) is 24.7 Å². The van der Waals surface area contributed by atoms with Crippen LogP contribution in [0, 0.1) is 6.92 Å². The largest absolute Gasteiger partial charge is 0.495 e. The van der Waals surface area contributed by atoms with E-state index in [2.05, 4.69) is 5.32 Å². The summed E-state index contributed by atoms with van der Waals surface area (Å²) in [6.07, 6.45) is 1.06. The summed E-state index contributed by atoms with van der Waals surface area (Å²) >= 11 is 0. The summed E-state index contributed by atoms with van der Waals surface area (Å²) in [6.45, 7) is 1.51. The maximum absolute atomic E-state index is 12.6. The van der Waals surface area contributed by atoms with Gasteiger partial charge in [-0.1, -0.05) is 24.3 Å². The summed E-state index contributed by atoms with van der Waals surface area (Å²) in [5.74, 6) is 1.23. The molecule has 0 heterocycles. The van der Waals surface area contributed by atoms with Crippen molar-refractivity contribution in [3.05, 3.63) is 78.4 Å². The second-order valence-corrected chi connectivity index (χ2v) is 8.84. The van der Waals surface area contributed by atoms with Gasteiger partial charge in [0.15, 0.2) is 0 Å². The lowest BCUT2D eigenvalue weighted by Crippen LogP contribution is -2.37. The van der Waals surface area contributed by atoms with Crippen molar-refractivity contribution in [2.24, 2.45) is 0 Å². The number of carbonyl (C=O) groups is 1. The van der Waals surface area contributed by atoms with E-state index in [9.17, 15) is 13.2 Å². The highest BCUT2D eigenvalue weighted by Gasteiger charge is 2.21. The molecule has 0 aromatic heterocycles. The monoisotopic (exact) mass is 440 g/mol. The Morgan fingerprint density at radius 2 is 1.61 bits per heavy atom. The Kier molecular flexibility index (Phi) is 6.81. The molecule has 162 valence electrons. The van der Waals surface area contributed by atoms with Crippen molar-refractivity contribution < 1.29 is 22.7 Å². The SMILES string of the molecule is COc1ccc(C)cc1NC(=O)CN(c1ccc(Oc2ccccc2)cc1)S(C)(=O)=O. The molecule has 0 bridgehead atoms. The number of ether oxygens (including phenoxy) is 2. The molecule has 3 aromatic rings. The van der Waals surface area contributed by atoms with Crippen LogP contribution in [0.1, 0.15) is 5.56 Å². The van der Waals surface area contributed by atoms with Crippen LogP contribution in [0.15, 0.2) is 72.8 Å². The van der Waals surface area contributed by atoms with Gasteiger partial charge >= 0.3 is 0 Å². The van der Waals surface area contributed by atoms with E-state index in [-0.39, 0.29) is 6.54 Å². The molecular weight excluding hydrogens is 416 g/mol. The number of methoxy groups -OCH3 is 1. The molecule has 0 unspecified atom stereocenters. The average Bonchev–Trinajstić information content (AvgIpc) is 2.73. The summed E-state index contributed by atoms with van der Waals surface area (Å²) < 4.78 is 36.8. The van der Waals surface area contributed by atoms with E-state index in [4.69, 9.17) is 9.47 Å². The number of amides is 1. The minimum Gasteiger partial charge on any atom is -0.495 e. The van der Waals surface area contributed by atoms with Crippen molar-refractivity contribution in [3.63, 3.8) is 0 Å². The third-order valence-corrected chi connectivity index (χ3v) is 5.56. The summed E-state index contributed by atoms with van der Waals surface area (Å²) in [5, 5.41) is 2.72. The topological polar surface area (TPSA) is 84.9 Å². The van der Waals surface area contributed by atoms with Gasteiger partial charge in [-0.2, -0.15) is 0 Å². The number of carbonyl (C=O) groups excluding carboxylic acids is 1. The van der Waals surface area contributed by atoms with Crippen LogP contribution in [0.3, 0.4) is 0 Å². The first-order valence-electron chi connectivity index (χ1n) is 9.51. The second-order valence-electron chi connectivity index (χ2n) is 6.93. The first-order chi connectivity index (χ1) is 14.8. The molecule has 0 spiro atoms. The van der Waals surface area contributed by atoms with Gasteiger partial charge < -0.3 is 14.8 Å². The molecule has 0 aliphatic carbocycles. The van der Waals surface area contributed by atoms with Crippen LogP contribution in [-0.2, 0) is 14.8 Å². The first kappa shape index (κ1) is 22.2. The van der Waals surface area contributed by atoms with Crippen molar-refractivity contribution in [2.45, 2.75) is 6.92 Å². The van der Waals surface area contributed by atoms with Crippen molar-refractivity contribution in [2.75, 3.05) is 29.5 Å². The van der Waals surface area contributed by atoms with Gasteiger partial charge in [-0.3, -0.25) is 9.10 Å². The summed E-state index contributed by atoms with van der Waals surface area (Å²) in [4.78, 5) is 12.6. The van der Waals surface area contributed by atoms with Crippen molar-refractivity contribution >= 4 is 27.3 Å². The number of sulfonamides is 1. The zero-order valence-corrected chi connectivity index (χ0v) is 18.3. The number of hydrogen-bond acceptors (Lipinski definition) is 5. The van der Waals surface area contributed by atoms with E-state index in [1.165, 1.54) is 7.11 Å². The van der Waals surface area contributed by atoms with Gasteiger partial charge in [-0.15, -0.1) is 0 Å². The molecule has 0 fully saturated rings. The number of nitrogens with zero attached hydrogens (tertiary/aromatic N) is 1. The van der Waals surface area contributed by atoms with E-state index < -0.39 is 15.9 Å². The molecule has 7 nitrogen and oxygen atoms in total. The number of nitrogens with one attached hydrogen (secondary N) is 1. The summed E-state index contributed by atoms with van der Waals surface area (Å²) in [6, 6.07) is 21.1. The number of rotatable bonds is 8. The molecule has 0 saturated carbocycles. The number of hydrogen-bond donors (Lipinski definition) is 1. The van der Waals surface area contributed by atoms with Gasteiger partial charge in [0.25, 0.3) is 0 Å². The zero-order valence-electron chi connectivity index (χ0n) is 17.5. The van der Waals surface area contributed by atoms with Crippen LogP contribution >= 0.6 is 0 Å². The Bertz CT molecular complexity index is 1150. The third kappa shape index (κ3) is 5.99. The van der Waals surface area contributed by atoms with Crippen LogP contribution in [0.2, 0.25) is 0 Å². The minimum atomic E-state index is -3.70. The fourth-order valence-electron chi connectivity index (χ4n) is 2.94. The quantitative estimate of drug-likeness (QED) is 0.567. The molecule has 8 heteroatoms. The average molecular weight is 441 g/mol. The molecule has 3 aromatic carbocycles. The lowest BCUT2D eigenvalue weighted by atomic mass is 10.2. The number of aryl methyl sites for hydroxylation is 1. The van der Waals surface area contributed by atoms with E-state index in [0.29, 0.717) is 28.6 Å². The van der Waals surface area contributed by atoms with E-state index in [0.717, 1.165) is 16.1 Å². The van der Waals surface area contributed by atoms with Crippen molar-refractivity contribution in [3.8, 4) is 17.2 Å². The Morgan fingerprint density at radius 1 is 0.968 bits per heavy atom. The van der Waals surface area contributed by atoms with Crippen LogP contribution in [0.4, 0.5) is 11.4 Å². The maximum Gasteiger partial charge on any atom is 0.245 e. The van der Waals surface area contributed by atoms with E-state index >= 15 is 0 Å². The normalized spacial score (nSPS) is 10.9. The fourth-order valence-corrected chi connectivity index (χ4v) is 3.80. The number of para-hydroxylation sites is 1. The van der Waals surface area contributed by atoms with Crippen molar-refractivity contribution in [1.82, 2.24) is 0 Å². The molecule has 3 rings (SSSR count). The van der Waals surface area contributed by atoms with Crippen molar-refractivity contribution in [1.29, 1.82) is 0 Å². The second kappa shape index (κ2) is 9.53. The van der Waals surface area contributed by atoms with Gasteiger partial charge in [0.2, 0.25) is 15.9 Å². The molecular formula is C23H24N2O5S. The van der Waals surface area contributed by atoms with Crippen LogP contribution in [0.25, 0.3) is 0 Å². The molecule has 1 amide bonds. The predicted octanol–water partition coefficient (Wildman–Crippen LogP) is 4.20. The van der Waals surface area contributed by atoms with Crippen LogP contribution in [-0.4, -0.2) is 34.2 Å². The highest BCUT2D eigenvalue weighted by molar-refractivity contribution is 7.92. The Hall–Kier alpha value is -3.52. The number of benzene rings is 3. The molecule has 0 saturated heterocycles. The Morgan fingerprint density at radius 3 is 2.23 bits per heavy atom. The lowest BCUT2D eigenvalue weighted by Gasteiger charge is -2.22. The van der Waals surface area contributed by atoms with E-state index in [1.807, 2.05) is 43.3 Å². The standard InChI is InChI=1S/C23H24N2O5S/c1-17-9-14-22(29-2)21(15-17)24-23(26)16-25(31(3,27)28)18-10-12-20(13-11-18)30-19-7-5-4-6-8-19/h4-15H,16H2,1-3H3,(H,24,26). The van der Waals surface area contributed by atoms with Gasteiger partial charge in [-0.25, -0.2) is 8.42 Å². The predicted molar refractivity (Wildman–Crippen MR) is 122 cm³/mol. The smallest absolute Gasteiger partial charge is 0.245 e. The zero-order chi connectivity index (χ0) is 22.4. The minimum absolute atomic E-state index is 0.356. The molecule has 0 aliphatic rings.